The minimum Gasteiger partial charge on any atom is -0.465 e. The van der Waals surface area contributed by atoms with Crippen LogP contribution >= 0.6 is 22.6 Å². The predicted octanol–water partition coefficient (Wildman–Crippen LogP) is 2.83. The lowest BCUT2D eigenvalue weighted by atomic mass is 9.82. The van der Waals surface area contributed by atoms with Gasteiger partial charge >= 0.3 is 11.9 Å². The molecule has 1 amide bonds. The van der Waals surface area contributed by atoms with Gasteiger partial charge in [0.1, 0.15) is 0 Å². The maximum absolute atomic E-state index is 13.2. The van der Waals surface area contributed by atoms with Crippen LogP contribution < -0.4 is 0 Å². The highest BCUT2D eigenvalue weighted by Crippen LogP contribution is 2.38. The Labute approximate surface area is 173 Å². The molecule has 0 aromatic heterocycles. The van der Waals surface area contributed by atoms with Gasteiger partial charge in [-0.15, -0.1) is 0 Å². The molecule has 0 bridgehead atoms. The van der Waals surface area contributed by atoms with Gasteiger partial charge in [-0.1, -0.05) is 59.8 Å². The lowest BCUT2D eigenvalue weighted by molar-refractivity contribution is -0.167. The second kappa shape index (κ2) is 10.1. The third kappa shape index (κ3) is 5.21. The third-order valence-corrected chi connectivity index (χ3v) is 5.66. The molecule has 1 aliphatic rings. The monoisotopic (exact) mass is 487 g/mol. The fraction of sp³-hybridized carbons (Fsp3) is 0.550. The molecule has 0 N–H and O–H groups in total. The Morgan fingerprint density at radius 2 is 1.70 bits per heavy atom. The number of halogens is 1. The number of hydrogen-bond acceptors (Lipinski definition) is 5. The zero-order chi connectivity index (χ0) is 20.0. The van der Waals surface area contributed by atoms with Crippen LogP contribution in [-0.2, 0) is 30.4 Å². The predicted molar refractivity (Wildman–Crippen MR) is 109 cm³/mol. The summed E-state index contributed by atoms with van der Waals surface area (Å²) < 4.78 is 10.3. The maximum atomic E-state index is 13.2. The van der Waals surface area contributed by atoms with Crippen LogP contribution in [0.15, 0.2) is 30.3 Å². The second-order valence-electron chi connectivity index (χ2n) is 6.55. The Bertz CT molecular complexity index is 646. The highest BCUT2D eigenvalue weighted by Gasteiger charge is 2.52. The van der Waals surface area contributed by atoms with Crippen molar-refractivity contribution in [2.24, 2.45) is 17.8 Å². The number of rotatable bonds is 8. The molecule has 6 nitrogen and oxygen atoms in total. The van der Waals surface area contributed by atoms with Gasteiger partial charge in [-0.25, -0.2) is 0 Å². The van der Waals surface area contributed by atoms with Gasteiger partial charge in [-0.05, 0) is 19.4 Å². The lowest BCUT2D eigenvalue weighted by Crippen LogP contribution is -2.41. The molecule has 148 valence electrons. The van der Waals surface area contributed by atoms with E-state index in [1.165, 1.54) is 0 Å². The Morgan fingerprint density at radius 1 is 1.15 bits per heavy atom. The summed E-state index contributed by atoms with van der Waals surface area (Å²) in [5, 5.41) is 0. The lowest BCUT2D eigenvalue weighted by Gasteiger charge is -2.24. The van der Waals surface area contributed by atoms with E-state index < -0.39 is 23.8 Å². The highest BCUT2D eigenvalue weighted by atomic mass is 127. The van der Waals surface area contributed by atoms with E-state index in [2.05, 4.69) is 22.6 Å². The van der Waals surface area contributed by atoms with E-state index in [4.69, 9.17) is 9.47 Å². The van der Waals surface area contributed by atoms with Gasteiger partial charge in [-0.2, -0.15) is 0 Å². The molecule has 0 spiro atoms. The molecule has 1 fully saturated rings. The van der Waals surface area contributed by atoms with Crippen molar-refractivity contribution in [2.45, 2.75) is 31.2 Å². The minimum atomic E-state index is -1.22. The van der Waals surface area contributed by atoms with Crippen molar-refractivity contribution in [2.75, 3.05) is 19.8 Å². The molecule has 3 atom stereocenters. The quantitative estimate of drug-likeness (QED) is 0.244. The van der Waals surface area contributed by atoms with Gasteiger partial charge in [0.15, 0.2) is 5.92 Å². The molecule has 0 radical (unpaired) electrons. The van der Waals surface area contributed by atoms with Gasteiger partial charge in [0.05, 0.1) is 19.1 Å². The van der Waals surface area contributed by atoms with Crippen LogP contribution in [0.3, 0.4) is 0 Å². The molecule has 0 aliphatic carbocycles. The molecule has 1 aliphatic heterocycles. The minimum absolute atomic E-state index is 0.101. The van der Waals surface area contributed by atoms with Crippen LogP contribution in [0.25, 0.3) is 0 Å². The first kappa shape index (κ1) is 21.7. The summed E-state index contributed by atoms with van der Waals surface area (Å²) in [7, 11) is 0. The van der Waals surface area contributed by atoms with E-state index in [1.54, 1.807) is 18.7 Å². The number of likely N-dealkylation sites (tertiary alicyclic amines) is 1. The highest BCUT2D eigenvalue weighted by molar-refractivity contribution is 14.1. The Hall–Kier alpha value is -1.64. The summed E-state index contributed by atoms with van der Waals surface area (Å²) in [6.07, 6.45) is 0. The Balaban J connectivity index is 2.32. The van der Waals surface area contributed by atoms with E-state index in [-0.39, 0.29) is 29.0 Å². The molecule has 27 heavy (non-hydrogen) atoms. The number of alkyl halides is 1. The van der Waals surface area contributed by atoms with Crippen LogP contribution in [0.1, 0.15) is 26.3 Å². The van der Waals surface area contributed by atoms with E-state index in [0.717, 1.165) is 5.56 Å². The molecule has 1 saturated heterocycles. The normalized spacial score (nSPS) is 20.6. The van der Waals surface area contributed by atoms with Crippen molar-refractivity contribution < 1.29 is 23.9 Å². The summed E-state index contributed by atoms with van der Waals surface area (Å²) in [5.41, 5.74) is 1.01. The largest absolute Gasteiger partial charge is 0.465 e. The summed E-state index contributed by atoms with van der Waals surface area (Å²) >= 11 is 2.25. The first-order valence-electron chi connectivity index (χ1n) is 9.20. The number of carbonyl (C=O) groups is 3. The van der Waals surface area contributed by atoms with Crippen LogP contribution in [0.4, 0.5) is 0 Å². The number of carbonyl (C=O) groups excluding carboxylic acids is 3. The van der Waals surface area contributed by atoms with Crippen LogP contribution in [0.2, 0.25) is 0 Å². The molecule has 2 rings (SSSR count). The third-order valence-electron chi connectivity index (χ3n) is 4.74. The van der Waals surface area contributed by atoms with Crippen LogP contribution in [-0.4, -0.2) is 46.4 Å². The first-order chi connectivity index (χ1) is 12.9. The van der Waals surface area contributed by atoms with E-state index in [9.17, 15) is 14.4 Å². The van der Waals surface area contributed by atoms with E-state index in [0.29, 0.717) is 13.1 Å². The molecule has 7 heteroatoms. The molecular weight excluding hydrogens is 461 g/mol. The summed E-state index contributed by atoms with van der Waals surface area (Å²) in [6, 6.07) is 9.68. The summed E-state index contributed by atoms with van der Waals surface area (Å²) in [5.74, 6) is -3.69. The van der Waals surface area contributed by atoms with Crippen molar-refractivity contribution in [1.29, 1.82) is 0 Å². The number of benzene rings is 1. The van der Waals surface area contributed by atoms with E-state index in [1.807, 2.05) is 37.3 Å². The van der Waals surface area contributed by atoms with Crippen molar-refractivity contribution in [3.63, 3.8) is 0 Å². The smallest absolute Gasteiger partial charge is 0.321 e. The number of nitrogens with zero attached hydrogens (tertiary/aromatic N) is 1. The van der Waals surface area contributed by atoms with E-state index >= 15 is 0 Å². The Kier molecular flexibility index (Phi) is 8.07. The van der Waals surface area contributed by atoms with Gasteiger partial charge < -0.3 is 14.4 Å². The van der Waals surface area contributed by atoms with Crippen LogP contribution in [0.5, 0.6) is 0 Å². The van der Waals surface area contributed by atoms with Crippen molar-refractivity contribution >= 4 is 40.4 Å². The van der Waals surface area contributed by atoms with Gasteiger partial charge in [-0.3, -0.25) is 14.4 Å². The van der Waals surface area contributed by atoms with Crippen LogP contribution in [0, 0.1) is 17.8 Å². The number of ether oxygens (including phenoxy) is 2. The zero-order valence-corrected chi connectivity index (χ0v) is 18.0. The van der Waals surface area contributed by atoms with Gasteiger partial charge in [0.25, 0.3) is 0 Å². The zero-order valence-electron chi connectivity index (χ0n) is 15.9. The Morgan fingerprint density at radius 3 is 2.19 bits per heavy atom. The average molecular weight is 487 g/mol. The molecule has 1 aromatic rings. The SMILES string of the molecule is CCOC(=O)C(C(=O)OCC)[C@@H]1C(=O)N(Cc2ccccc2)C[C@H]1[C@H](C)I. The molecular formula is C20H26INO5. The second-order valence-corrected chi connectivity index (χ2v) is 8.52. The van der Waals surface area contributed by atoms with Gasteiger partial charge in [0, 0.05) is 22.9 Å². The molecule has 1 heterocycles. The fourth-order valence-corrected chi connectivity index (χ4v) is 4.15. The molecule has 0 saturated carbocycles. The summed E-state index contributed by atoms with van der Waals surface area (Å²) in [4.78, 5) is 40.0. The standard InChI is InChI=1S/C20H26INO5/c1-4-26-19(24)17(20(25)27-5-2)16-15(13(3)21)12-22(18(16)23)11-14-9-7-6-8-10-14/h6-10,13,15-17H,4-5,11-12H2,1-3H3/t13-,15-,16+/m0/s1. The van der Waals surface area contributed by atoms with Gasteiger partial charge in [0.2, 0.25) is 5.91 Å². The first-order valence-corrected chi connectivity index (χ1v) is 10.4. The van der Waals surface area contributed by atoms with Crippen molar-refractivity contribution in [3.8, 4) is 0 Å². The van der Waals surface area contributed by atoms with Crippen molar-refractivity contribution in [3.05, 3.63) is 35.9 Å². The molecule has 1 aromatic carbocycles. The average Bonchev–Trinajstić information content (AvgIpc) is 2.94. The maximum Gasteiger partial charge on any atom is 0.321 e. The molecule has 0 unspecified atom stereocenters. The summed E-state index contributed by atoms with van der Waals surface area (Å²) in [6.45, 7) is 6.59. The number of hydrogen-bond donors (Lipinski definition) is 0. The number of amides is 1. The topological polar surface area (TPSA) is 72.9 Å². The van der Waals surface area contributed by atoms with Crippen molar-refractivity contribution in [1.82, 2.24) is 4.90 Å². The fourth-order valence-electron chi connectivity index (χ4n) is 3.47. The number of esters is 2.